The number of aromatic nitrogens is 2. The topological polar surface area (TPSA) is 67.0 Å². The summed E-state index contributed by atoms with van der Waals surface area (Å²) in [5, 5.41) is 2.95. The molecule has 0 saturated carbocycles. The van der Waals surface area contributed by atoms with Gasteiger partial charge in [-0.1, -0.05) is 56.3 Å². The molecule has 0 saturated heterocycles. The molecule has 0 unspecified atom stereocenters. The Kier molecular flexibility index (Phi) is 5.29. The molecule has 1 amide bonds. The number of rotatable bonds is 6. The second-order valence-corrected chi connectivity index (χ2v) is 7.18. The van der Waals surface area contributed by atoms with Gasteiger partial charge in [0.25, 0.3) is 5.91 Å². The Labute approximate surface area is 169 Å². The van der Waals surface area contributed by atoms with Crippen LogP contribution < -0.4 is 10.1 Å². The van der Waals surface area contributed by atoms with Crippen LogP contribution in [0.25, 0.3) is 22.4 Å². The van der Waals surface area contributed by atoms with Crippen molar-refractivity contribution in [3.05, 3.63) is 78.4 Å². The molecule has 5 nitrogen and oxygen atoms in total. The fourth-order valence-electron chi connectivity index (χ4n) is 3.30. The summed E-state index contributed by atoms with van der Waals surface area (Å²) in [5.41, 5.74) is 4.45. The lowest BCUT2D eigenvalue weighted by Gasteiger charge is -2.14. The molecule has 3 aromatic carbocycles. The third-order valence-corrected chi connectivity index (χ3v) is 4.75. The number of nitrogens with zero attached hydrogens (tertiary/aromatic N) is 1. The lowest BCUT2D eigenvalue weighted by molar-refractivity contribution is -0.118. The fourth-order valence-corrected chi connectivity index (χ4v) is 3.30. The monoisotopic (exact) mass is 385 g/mol. The van der Waals surface area contributed by atoms with E-state index in [9.17, 15) is 4.79 Å². The summed E-state index contributed by atoms with van der Waals surface area (Å²) in [5.74, 6) is 1.56. The van der Waals surface area contributed by atoms with Crippen molar-refractivity contribution in [2.75, 3.05) is 11.9 Å². The van der Waals surface area contributed by atoms with Crippen LogP contribution in [-0.2, 0) is 4.79 Å². The molecule has 1 heterocycles. The first-order chi connectivity index (χ1) is 14.1. The van der Waals surface area contributed by atoms with Crippen molar-refractivity contribution in [3.8, 4) is 17.1 Å². The molecule has 0 atom stereocenters. The van der Waals surface area contributed by atoms with E-state index in [4.69, 9.17) is 4.74 Å². The van der Waals surface area contributed by atoms with Crippen LogP contribution in [-0.4, -0.2) is 22.5 Å². The van der Waals surface area contributed by atoms with Crippen molar-refractivity contribution >= 4 is 22.6 Å². The molecule has 0 fully saturated rings. The predicted molar refractivity (Wildman–Crippen MR) is 116 cm³/mol. The minimum Gasteiger partial charge on any atom is -0.483 e. The van der Waals surface area contributed by atoms with E-state index >= 15 is 0 Å². The lowest BCUT2D eigenvalue weighted by Crippen LogP contribution is -2.21. The van der Waals surface area contributed by atoms with Crippen molar-refractivity contribution < 1.29 is 9.53 Å². The Hall–Kier alpha value is -3.60. The number of anilines is 1. The zero-order valence-electron chi connectivity index (χ0n) is 16.5. The van der Waals surface area contributed by atoms with E-state index in [-0.39, 0.29) is 12.5 Å². The number of benzene rings is 3. The van der Waals surface area contributed by atoms with E-state index in [0.717, 1.165) is 27.9 Å². The largest absolute Gasteiger partial charge is 0.483 e. The number of hydrogen-bond acceptors (Lipinski definition) is 3. The smallest absolute Gasteiger partial charge is 0.262 e. The number of H-pyrrole nitrogens is 1. The highest BCUT2D eigenvalue weighted by atomic mass is 16.5. The van der Waals surface area contributed by atoms with Gasteiger partial charge < -0.3 is 15.0 Å². The van der Waals surface area contributed by atoms with Crippen molar-refractivity contribution in [1.82, 2.24) is 9.97 Å². The minimum atomic E-state index is -0.216. The van der Waals surface area contributed by atoms with Gasteiger partial charge >= 0.3 is 0 Å². The van der Waals surface area contributed by atoms with Crippen LogP contribution in [0, 0.1) is 0 Å². The molecule has 4 aromatic rings. The van der Waals surface area contributed by atoms with Crippen LogP contribution in [0.3, 0.4) is 0 Å². The number of carbonyl (C=O) groups excluding carboxylic acids is 1. The molecule has 2 N–H and O–H groups in total. The number of aromatic amines is 1. The van der Waals surface area contributed by atoms with Crippen molar-refractivity contribution in [2.24, 2.45) is 0 Å². The molecular weight excluding hydrogens is 362 g/mol. The first kappa shape index (κ1) is 18.7. The molecule has 0 aliphatic carbocycles. The molecule has 4 rings (SSSR count). The lowest BCUT2D eigenvalue weighted by atomic mass is 10.0. The second kappa shape index (κ2) is 8.19. The number of carbonyl (C=O) groups is 1. The number of fused-ring (bicyclic) bond motifs is 1. The zero-order valence-corrected chi connectivity index (χ0v) is 16.5. The average Bonchev–Trinajstić information content (AvgIpc) is 3.17. The Morgan fingerprint density at radius 1 is 1.00 bits per heavy atom. The summed E-state index contributed by atoms with van der Waals surface area (Å²) in [4.78, 5) is 20.5. The first-order valence-corrected chi connectivity index (χ1v) is 9.67. The number of ether oxygens (including phenoxy) is 1. The van der Waals surface area contributed by atoms with Crippen LogP contribution in [0.1, 0.15) is 25.3 Å². The quantitative estimate of drug-likeness (QED) is 0.469. The third kappa shape index (κ3) is 4.14. The number of para-hydroxylation sites is 4. The molecule has 0 aliphatic heterocycles. The standard InChI is InChI=1S/C24H23N3O2/c1-16(2)17-9-4-8-14-22(17)29-15-23(28)25-19-11-5-3-10-18(19)24-26-20-12-6-7-13-21(20)27-24/h3-14,16H,15H2,1-2H3,(H,25,28)(H,26,27). The first-order valence-electron chi connectivity index (χ1n) is 9.67. The molecule has 0 bridgehead atoms. The van der Waals surface area contributed by atoms with Gasteiger partial charge in [-0.05, 0) is 41.8 Å². The molecule has 29 heavy (non-hydrogen) atoms. The highest BCUT2D eigenvalue weighted by Gasteiger charge is 2.13. The average molecular weight is 385 g/mol. The summed E-state index contributed by atoms with van der Waals surface area (Å²) in [6, 6.07) is 23.3. The van der Waals surface area contributed by atoms with E-state index in [1.807, 2.05) is 72.8 Å². The Balaban J connectivity index is 1.51. The van der Waals surface area contributed by atoms with Crippen LogP contribution in [0.5, 0.6) is 5.75 Å². The van der Waals surface area contributed by atoms with E-state index in [1.165, 1.54) is 0 Å². The van der Waals surface area contributed by atoms with Crippen molar-refractivity contribution in [2.45, 2.75) is 19.8 Å². The van der Waals surface area contributed by atoms with Gasteiger partial charge in [-0.3, -0.25) is 4.79 Å². The summed E-state index contributed by atoms with van der Waals surface area (Å²) in [6.07, 6.45) is 0. The molecule has 146 valence electrons. The predicted octanol–water partition coefficient (Wildman–Crippen LogP) is 5.37. The molecule has 0 spiro atoms. The number of hydrogen-bond donors (Lipinski definition) is 2. The van der Waals surface area contributed by atoms with Gasteiger partial charge in [0.1, 0.15) is 11.6 Å². The van der Waals surface area contributed by atoms with E-state index in [0.29, 0.717) is 17.4 Å². The van der Waals surface area contributed by atoms with Gasteiger partial charge in [-0.2, -0.15) is 0 Å². The Morgan fingerprint density at radius 2 is 1.72 bits per heavy atom. The van der Waals surface area contributed by atoms with Crippen LogP contribution in [0.2, 0.25) is 0 Å². The highest BCUT2D eigenvalue weighted by Crippen LogP contribution is 2.28. The summed E-state index contributed by atoms with van der Waals surface area (Å²) >= 11 is 0. The third-order valence-electron chi connectivity index (χ3n) is 4.75. The molecule has 5 heteroatoms. The minimum absolute atomic E-state index is 0.0573. The fraction of sp³-hybridized carbons (Fsp3) is 0.167. The van der Waals surface area contributed by atoms with E-state index in [1.54, 1.807) is 0 Å². The van der Waals surface area contributed by atoms with Gasteiger partial charge in [-0.15, -0.1) is 0 Å². The SMILES string of the molecule is CC(C)c1ccccc1OCC(=O)Nc1ccccc1-c1nc2ccccc2[nH]1. The Bertz CT molecular complexity index is 1110. The van der Waals surface area contributed by atoms with Gasteiger partial charge in [0.05, 0.1) is 16.7 Å². The van der Waals surface area contributed by atoms with Crippen LogP contribution in [0.4, 0.5) is 5.69 Å². The molecular formula is C24H23N3O2. The van der Waals surface area contributed by atoms with E-state index in [2.05, 4.69) is 29.1 Å². The second-order valence-electron chi connectivity index (χ2n) is 7.18. The van der Waals surface area contributed by atoms with Gasteiger partial charge in [-0.25, -0.2) is 4.98 Å². The van der Waals surface area contributed by atoms with E-state index < -0.39 is 0 Å². The summed E-state index contributed by atoms with van der Waals surface area (Å²) < 4.78 is 5.79. The van der Waals surface area contributed by atoms with Crippen molar-refractivity contribution in [1.29, 1.82) is 0 Å². The van der Waals surface area contributed by atoms with Gasteiger partial charge in [0, 0.05) is 5.56 Å². The normalized spacial score (nSPS) is 11.0. The van der Waals surface area contributed by atoms with Crippen LogP contribution in [0.15, 0.2) is 72.8 Å². The highest BCUT2D eigenvalue weighted by molar-refractivity contribution is 5.96. The number of amides is 1. The van der Waals surface area contributed by atoms with Crippen molar-refractivity contribution in [3.63, 3.8) is 0 Å². The van der Waals surface area contributed by atoms with Gasteiger partial charge in [0.15, 0.2) is 6.61 Å². The maximum Gasteiger partial charge on any atom is 0.262 e. The zero-order chi connectivity index (χ0) is 20.2. The number of nitrogens with one attached hydrogen (secondary N) is 2. The molecule has 0 aliphatic rings. The maximum atomic E-state index is 12.6. The maximum absolute atomic E-state index is 12.6. The van der Waals surface area contributed by atoms with Gasteiger partial charge in [0.2, 0.25) is 0 Å². The summed E-state index contributed by atoms with van der Waals surface area (Å²) in [6.45, 7) is 4.15. The summed E-state index contributed by atoms with van der Waals surface area (Å²) in [7, 11) is 0. The van der Waals surface area contributed by atoms with Crippen LogP contribution >= 0.6 is 0 Å². The number of imidazole rings is 1. The molecule has 0 radical (unpaired) electrons. The Morgan fingerprint density at radius 3 is 2.55 bits per heavy atom. The molecule has 1 aromatic heterocycles.